The lowest BCUT2D eigenvalue weighted by Gasteiger charge is -2.29. The van der Waals surface area contributed by atoms with Gasteiger partial charge < -0.3 is 5.73 Å². The number of nitrogens with two attached hydrogens (primary N) is 1. The molecular formula is C10H19N5. The van der Waals surface area contributed by atoms with Crippen LogP contribution in [0.1, 0.15) is 32.0 Å². The Morgan fingerprint density at radius 1 is 1.53 bits per heavy atom. The van der Waals surface area contributed by atoms with Gasteiger partial charge in [0.1, 0.15) is 0 Å². The molecule has 0 aromatic carbocycles. The molecule has 1 aliphatic rings. The number of likely N-dealkylation sites (tertiary alicyclic amines) is 1. The SMILES string of the molecule is CC(C)N1CC[C@H](N)[C@H]1c1cnnn1C. The van der Waals surface area contributed by atoms with Gasteiger partial charge in [-0.15, -0.1) is 5.10 Å². The Morgan fingerprint density at radius 2 is 2.27 bits per heavy atom. The normalized spacial score (nSPS) is 27.8. The highest BCUT2D eigenvalue weighted by atomic mass is 15.4. The Balaban J connectivity index is 2.29. The molecule has 1 aromatic rings. The first-order valence-electron chi connectivity index (χ1n) is 5.47. The van der Waals surface area contributed by atoms with Crippen molar-refractivity contribution in [1.82, 2.24) is 19.9 Å². The molecule has 1 fully saturated rings. The zero-order valence-corrected chi connectivity index (χ0v) is 9.59. The van der Waals surface area contributed by atoms with E-state index >= 15 is 0 Å². The Bertz CT molecular complexity index is 332. The maximum absolute atomic E-state index is 6.16. The lowest BCUT2D eigenvalue weighted by Crippen LogP contribution is -2.37. The molecule has 2 rings (SSSR count). The molecule has 2 atom stereocenters. The van der Waals surface area contributed by atoms with Gasteiger partial charge in [0.25, 0.3) is 0 Å². The Labute approximate surface area is 90.2 Å². The number of aryl methyl sites for hydroxylation is 1. The van der Waals surface area contributed by atoms with Crippen molar-refractivity contribution in [2.45, 2.75) is 38.4 Å². The first-order chi connectivity index (χ1) is 7.11. The summed E-state index contributed by atoms with van der Waals surface area (Å²) in [6, 6.07) is 0.980. The van der Waals surface area contributed by atoms with E-state index in [1.54, 1.807) is 0 Å². The summed E-state index contributed by atoms with van der Waals surface area (Å²) in [7, 11) is 1.92. The molecule has 0 spiro atoms. The number of rotatable bonds is 2. The molecule has 5 heteroatoms. The van der Waals surface area contributed by atoms with Gasteiger partial charge in [0, 0.05) is 25.7 Å². The van der Waals surface area contributed by atoms with Crippen molar-refractivity contribution in [2.24, 2.45) is 12.8 Å². The third-order valence-corrected chi connectivity index (χ3v) is 3.20. The molecule has 0 unspecified atom stereocenters. The third kappa shape index (κ3) is 1.77. The number of hydrogen-bond acceptors (Lipinski definition) is 4. The van der Waals surface area contributed by atoms with Crippen molar-refractivity contribution in [2.75, 3.05) is 6.54 Å². The molecule has 2 heterocycles. The minimum Gasteiger partial charge on any atom is -0.326 e. The second kappa shape index (κ2) is 3.90. The molecule has 0 amide bonds. The molecule has 1 aliphatic heterocycles. The maximum atomic E-state index is 6.16. The van der Waals surface area contributed by atoms with Crippen molar-refractivity contribution in [3.8, 4) is 0 Å². The molecule has 0 radical (unpaired) electrons. The molecule has 84 valence electrons. The van der Waals surface area contributed by atoms with E-state index < -0.39 is 0 Å². The van der Waals surface area contributed by atoms with Crippen molar-refractivity contribution >= 4 is 0 Å². The van der Waals surface area contributed by atoms with Gasteiger partial charge in [0.2, 0.25) is 0 Å². The van der Waals surface area contributed by atoms with Crippen LogP contribution in [0, 0.1) is 0 Å². The van der Waals surface area contributed by atoms with Crippen LogP contribution in [0.4, 0.5) is 0 Å². The minimum atomic E-state index is 0.199. The van der Waals surface area contributed by atoms with Crippen LogP contribution in [0.15, 0.2) is 6.20 Å². The lowest BCUT2D eigenvalue weighted by molar-refractivity contribution is 0.191. The number of aromatic nitrogens is 3. The molecule has 15 heavy (non-hydrogen) atoms. The third-order valence-electron chi connectivity index (χ3n) is 3.20. The highest BCUT2D eigenvalue weighted by Crippen LogP contribution is 2.31. The minimum absolute atomic E-state index is 0.199. The van der Waals surface area contributed by atoms with E-state index in [4.69, 9.17) is 5.73 Å². The predicted octanol–water partition coefficient (Wildman–Crippen LogP) is 0.298. The zero-order chi connectivity index (χ0) is 11.0. The standard InChI is InChI=1S/C10H19N5/c1-7(2)15-5-4-8(11)10(15)9-6-12-13-14(9)3/h6-8,10H,4-5,11H2,1-3H3/t8-,10-/m0/s1. The molecule has 5 nitrogen and oxygen atoms in total. The fraction of sp³-hybridized carbons (Fsp3) is 0.800. The van der Waals surface area contributed by atoms with Gasteiger partial charge in [-0.25, -0.2) is 0 Å². The molecule has 0 aliphatic carbocycles. The summed E-state index contributed by atoms with van der Waals surface area (Å²) in [6.45, 7) is 5.47. The molecule has 1 saturated heterocycles. The Morgan fingerprint density at radius 3 is 2.80 bits per heavy atom. The first kappa shape index (κ1) is 10.6. The van der Waals surface area contributed by atoms with Gasteiger partial charge in [-0.05, 0) is 20.3 Å². The second-order valence-corrected chi connectivity index (χ2v) is 4.51. The van der Waals surface area contributed by atoms with E-state index in [1.807, 2.05) is 17.9 Å². The van der Waals surface area contributed by atoms with Crippen LogP contribution >= 0.6 is 0 Å². The molecule has 0 saturated carbocycles. The van der Waals surface area contributed by atoms with Gasteiger partial charge in [0.05, 0.1) is 17.9 Å². The molecule has 2 N–H and O–H groups in total. The summed E-state index contributed by atoms with van der Waals surface area (Å²) in [6.07, 6.45) is 2.87. The van der Waals surface area contributed by atoms with E-state index in [9.17, 15) is 0 Å². The van der Waals surface area contributed by atoms with Crippen LogP contribution in [-0.4, -0.2) is 38.5 Å². The Kier molecular flexibility index (Phi) is 2.75. The number of nitrogens with zero attached hydrogens (tertiary/aromatic N) is 4. The van der Waals surface area contributed by atoms with Crippen molar-refractivity contribution in [3.63, 3.8) is 0 Å². The van der Waals surface area contributed by atoms with E-state index in [-0.39, 0.29) is 12.1 Å². The Hall–Kier alpha value is -0.940. The van der Waals surface area contributed by atoms with Crippen molar-refractivity contribution < 1.29 is 0 Å². The smallest absolute Gasteiger partial charge is 0.0771 e. The van der Waals surface area contributed by atoms with Crippen LogP contribution in [0.25, 0.3) is 0 Å². The van der Waals surface area contributed by atoms with E-state index in [0.29, 0.717) is 6.04 Å². The van der Waals surface area contributed by atoms with E-state index in [0.717, 1.165) is 18.7 Å². The van der Waals surface area contributed by atoms with Crippen LogP contribution in [0.2, 0.25) is 0 Å². The summed E-state index contributed by atoms with van der Waals surface area (Å²) >= 11 is 0. The summed E-state index contributed by atoms with van der Waals surface area (Å²) in [4.78, 5) is 2.42. The van der Waals surface area contributed by atoms with Crippen LogP contribution in [-0.2, 0) is 7.05 Å². The summed E-state index contributed by atoms with van der Waals surface area (Å²) in [5, 5.41) is 7.90. The average molecular weight is 209 g/mol. The van der Waals surface area contributed by atoms with E-state index in [2.05, 4.69) is 29.1 Å². The number of hydrogen-bond donors (Lipinski definition) is 1. The first-order valence-corrected chi connectivity index (χ1v) is 5.47. The van der Waals surface area contributed by atoms with E-state index in [1.165, 1.54) is 0 Å². The molecule has 0 bridgehead atoms. The van der Waals surface area contributed by atoms with Crippen molar-refractivity contribution in [1.29, 1.82) is 0 Å². The van der Waals surface area contributed by atoms with Gasteiger partial charge in [-0.3, -0.25) is 9.58 Å². The van der Waals surface area contributed by atoms with Crippen LogP contribution in [0.5, 0.6) is 0 Å². The zero-order valence-electron chi connectivity index (χ0n) is 9.59. The fourth-order valence-corrected chi connectivity index (χ4v) is 2.38. The summed E-state index contributed by atoms with van der Waals surface area (Å²) in [5.74, 6) is 0. The van der Waals surface area contributed by atoms with Crippen LogP contribution < -0.4 is 5.73 Å². The van der Waals surface area contributed by atoms with Gasteiger partial charge in [0.15, 0.2) is 0 Å². The quantitative estimate of drug-likeness (QED) is 0.761. The van der Waals surface area contributed by atoms with Crippen LogP contribution in [0.3, 0.4) is 0 Å². The fourth-order valence-electron chi connectivity index (χ4n) is 2.38. The maximum Gasteiger partial charge on any atom is 0.0771 e. The largest absolute Gasteiger partial charge is 0.326 e. The van der Waals surface area contributed by atoms with Crippen molar-refractivity contribution in [3.05, 3.63) is 11.9 Å². The summed E-state index contributed by atoms with van der Waals surface area (Å²) in [5.41, 5.74) is 7.28. The molecular weight excluding hydrogens is 190 g/mol. The second-order valence-electron chi connectivity index (χ2n) is 4.51. The van der Waals surface area contributed by atoms with Gasteiger partial charge in [-0.2, -0.15) is 0 Å². The highest BCUT2D eigenvalue weighted by molar-refractivity contribution is 5.09. The van der Waals surface area contributed by atoms with Gasteiger partial charge >= 0.3 is 0 Å². The average Bonchev–Trinajstić information content (AvgIpc) is 2.71. The monoisotopic (exact) mass is 209 g/mol. The van der Waals surface area contributed by atoms with Gasteiger partial charge in [-0.1, -0.05) is 5.21 Å². The predicted molar refractivity (Wildman–Crippen MR) is 58.2 cm³/mol. The topological polar surface area (TPSA) is 60.0 Å². The summed E-state index contributed by atoms with van der Waals surface area (Å²) < 4.78 is 1.82. The lowest BCUT2D eigenvalue weighted by atomic mass is 10.1. The molecule has 1 aromatic heterocycles. The highest BCUT2D eigenvalue weighted by Gasteiger charge is 2.36.